The third kappa shape index (κ3) is 2.38. The van der Waals surface area contributed by atoms with E-state index in [0.29, 0.717) is 11.8 Å². The van der Waals surface area contributed by atoms with Crippen molar-refractivity contribution in [1.82, 2.24) is 15.4 Å². The van der Waals surface area contributed by atoms with Crippen molar-refractivity contribution in [3.8, 4) is 0 Å². The highest BCUT2D eigenvalue weighted by Gasteiger charge is 2.42. The van der Waals surface area contributed by atoms with E-state index in [0.717, 1.165) is 57.0 Å². The quantitative estimate of drug-likeness (QED) is 0.866. The molecule has 3 aliphatic rings. The standard InChI is InChI=1S/C15H23N3O2/c19-15-3-5-16-8-12(15)9-18(6-4-15)10-13-7-14(20-17-13)11-1-2-11/h7,11-12,16,19H,1-6,8-10H2/t12-,15-/m0/s1. The van der Waals surface area contributed by atoms with E-state index >= 15 is 0 Å². The number of hydrogen-bond acceptors (Lipinski definition) is 5. The molecular weight excluding hydrogens is 254 g/mol. The van der Waals surface area contributed by atoms with Gasteiger partial charge in [-0.05, 0) is 32.2 Å². The summed E-state index contributed by atoms with van der Waals surface area (Å²) < 4.78 is 5.42. The van der Waals surface area contributed by atoms with E-state index in [9.17, 15) is 5.11 Å². The monoisotopic (exact) mass is 277 g/mol. The van der Waals surface area contributed by atoms with Crippen LogP contribution in [0.15, 0.2) is 10.6 Å². The van der Waals surface area contributed by atoms with Crippen LogP contribution in [0, 0.1) is 5.92 Å². The van der Waals surface area contributed by atoms with Crippen LogP contribution in [0.5, 0.6) is 0 Å². The highest BCUT2D eigenvalue weighted by Crippen LogP contribution is 2.40. The minimum absolute atomic E-state index is 0.347. The number of aliphatic hydroxyl groups is 1. The first-order valence-corrected chi connectivity index (χ1v) is 7.84. The summed E-state index contributed by atoms with van der Waals surface area (Å²) in [7, 11) is 0. The lowest BCUT2D eigenvalue weighted by Crippen LogP contribution is -2.58. The maximum atomic E-state index is 10.7. The predicted octanol–water partition coefficient (Wildman–Crippen LogP) is 1.10. The zero-order valence-electron chi connectivity index (χ0n) is 11.8. The van der Waals surface area contributed by atoms with Gasteiger partial charge in [0, 0.05) is 44.1 Å². The lowest BCUT2D eigenvalue weighted by molar-refractivity contribution is -0.0902. The Morgan fingerprint density at radius 3 is 3.20 bits per heavy atom. The van der Waals surface area contributed by atoms with Crippen LogP contribution in [0.4, 0.5) is 0 Å². The first-order chi connectivity index (χ1) is 9.73. The Labute approximate surface area is 119 Å². The largest absolute Gasteiger partial charge is 0.389 e. The third-order valence-electron chi connectivity index (χ3n) is 5.17. The first-order valence-electron chi connectivity index (χ1n) is 7.84. The minimum Gasteiger partial charge on any atom is -0.389 e. The molecule has 2 atom stereocenters. The molecule has 0 aromatic carbocycles. The number of nitrogens with zero attached hydrogens (tertiary/aromatic N) is 2. The number of nitrogens with one attached hydrogen (secondary N) is 1. The van der Waals surface area contributed by atoms with Gasteiger partial charge in [-0.15, -0.1) is 0 Å². The zero-order chi connectivity index (χ0) is 13.6. The minimum atomic E-state index is -0.440. The van der Waals surface area contributed by atoms with Crippen molar-refractivity contribution >= 4 is 0 Å². The summed E-state index contributed by atoms with van der Waals surface area (Å²) in [6.45, 7) is 4.64. The van der Waals surface area contributed by atoms with Crippen LogP contribution in [0.1, 0.15) is 43.1 Å². The molecule has 0 radical (unpaired) electrons. The van der Waals surface area contributed by atoms with Gasteiger partial charge in [0.1, 0.15) is 5.76 Å². The molecule has 3 heterocycles. The SMILES string of the molecule is O[C@]12CCNC[C@H]1CN(Cc1cc(C3CC3)on1)CC2. The van der Waals surface area contributed by atoms with Crippen molar-refractivity contribution in [3.63, 3.8) is 0 Å². The van der Waals surface area contributed by atoms with Crippen molar-refractivity contribution in [2.45, 2.75) is 43.7 Å². The smallest absolute Gasteiger partial charge is 0.140 e. The Morgan fingerprint density at radius 2 is 2.35 bits per heavy atom. The topological polar surface area (TPSA) is 61.5 Å². The number of aromatic nitrogens is 1. The van der Waals surface area contributed by atoms with Crippen LogP contribution >= 0.6 is 0 Å². The summed E-state index contributed by atoms with van der Waals surface area (Å²) in [4.78, 5) is 2.40. The Bertz CT molecular complexity index is 485. The molecule has 5 heteroatoms. The molecule has 3 fully saturated rings. The lowest BCUT2D eigenvalue weighted by Gasteiger charge is -2.47. The number of hydrogen-bond donors (Lipinski definition) is 2. The average molecular weight is 277 g/mol. The molecule has 110 valence electrons. The molecule has 1 saturated carbocycles. The summed E-state index contributed by atoms with van der Waals surface area (Å²) in [5.41, 5.74) is 0.603. The van der Waals surface area contributed by atoms with Gasteiger partial charge in [0.2, 0.25) is 0 Å². The van der Waals surface area contributed by atoms with Crippen LogP contribution in [-0.4, -0.2) is 46.9 Å². The Hall–Kier alpha value is -0.910. The van der Waals surface area contributed by atoms with Crippen LogP contribution in [0.3, 0.4) is 0 Å². The molecule has 2 N–H and O–H groups in total. The summed E-state index contributed by atoms with van der Waals surface area (Å²) >= 11 is 0. The summed E-state index contributed by atoms with van der Waals surface area (Å²) in [5, 5.41) is 18.3. The highest BCUT2D eigenvalue weighted by atomic mass is 16.5. The zero-order valence-corrected chi connectivity index (χ0v) is 11.8. The molecule has 0 amide bonds. The molecular formula is C15H23N3O2. The van der Waals surface area contributed by atoms with Gasteiger partial charge in [-0.3, -0.25) is 4.90 Å². The molecule has 20 heavy (non-hydrogen) atoms. The van der Waals surface area contributed by atoms with Gasteiger partial charge >= 0.3 is 0 Å². The summed E-state index contributed by atoms with van der Waals surface area (Å²) in [6.07, 6.45) is 4.27. The van der Waals surface area contributed by atoms with Gasteiger partial charge in [0.15, 0.2) is 0 Å². The molecule has 4 rings (SSSR count). The second kappa shape index (κ2) is 4.83. The second-order valence-corrected chi connectivity index (χ2v) is 6.73. The van der Waals surface area contributed by atoms with E-state index in [1.54, 1.807) is 0 Å². The fraction of sp³-hybridized carbons (Fsp3) is 0.800. The Kier molecular flexibility index (Phi) is 3.09. The van der Waals surface area contributed by atoms with Crippen molar-refractivity contribution in [3.05, 3.63) is 17.5 Å². The molecule has 2 aliphatic heterocycles. The third-order valence-corrected chi connectivity index (χ3v) is 5.17. The van der Waals surface area contributed by atoms with E-state index in [4.69, 9.17) is 4.52 Å². The maximum absolute atomic E-state index is 10.7. The number of rotatable bonds is 3. The molecule has 5 nitrogen and oxygen atoms in total. The highest BCUT2D eigenvalue weighted by molar-refractivity contribution is 5.14. The van der Waals surface area contributed by atoms with Gasteiger partial charge < -0.3 is 14.9 Å². The lowest BCUT2D eigenvalue weighted by atomic mass is 9.76. The Morgan fingerprint density at radius 1 is 1.45 bits per heavy atom. The van der Waals surface area contributed by atoms with E-state index < -0.39 is 5.60 Å². The van der Waals surface area contributed by atoms with Crippen LogP contribution in [0.25, 0.3) is 0 Å². The molecule has 1 aromatic heterocycles. The molecule has 1 aromatic rings. The van der Waals surface area contributed by atoms with E-state index in [1.165, 1.54) is 12.8 Å². The van der Waals surface area contributed by atoms with Crippen molar-refractivity contribution in [2.24, 2.45) is 5.92 Å². The van der Waals surface area contributed by atoms with Crippen molar-refractivity contribution in [2.75, 3.05) is 26.2 Å². The second-order valence-electron chi connectivity index (χ2n) is 6.73. The van der Waals surface area contributed by atoms with Gasteiger partial charge in [-0.1, -0.05) is 5.16 Å². The van der Waals surface area contributed by atoms with Gasteiger partial charge in [0.25, 0.3) is 0 Å². The average Bonchev–Trinajstić information content (AvgIpc) is 3.20. The maximum Gasteiger partial charge on any atom is 0.140 e. The number of likely N-dealkylation sites (tertiary alicyclic amines) is 1. The summed E-state index contributed by atoms with van der Waals surface area (Å²) in [6, 6.07) is 2.12. The van der Waals surface area contributed by atoms with E-state index in [2.05, 4.69) is 21.4 Å². The molecule has 0 unspecified atom stereocenters. The number of fused-ring (bicyclic) bond motifs is 1. The predicted molar refractivity (Wildman–Crippen MR) is 74.3 cm³/mol. The number of piperidine rings is 2. The fourth-order valence-corrected chi connectivity index (χ4v) is 3.63. The van der Waals surface area contributed by atoms with Crippen LogP contribution in [-0.2, 0) is 6.54 Å². The van der Waals surface area contributed by atoms with Crippen LogP contribution < -0.4 is 5.32 Å². The van der Waals surface area contributed by atoms with Gasteiger partial charge in [-0.2, -0.15) is 0 Å². The first kappa shape index (κ1) is 12.8. The van der Waals surface area contributed by atoms with Gasteiger partial charge in [0.05, 0.1) is 11.3 Å². The van der Waals surface area contributed by atoms with Crippen molar-refractivity contribution in [1.29, 1.82) is 0 Å². The molecule has 2 saturated heterocycles. The molecule has 0 spiro atoms. The van der Waals surface area contributed by atoms with E-state index in [-0.39, 0.29) is 0 Å². The van der Waals surface area contributed by atoms with Crippen molar-refractivity contribution < 1.29 is 9.63 Å². The van der Waals surface area contributed by atoms with Gasteiger partial charge in [-0.25, -0.2) is 0 Å². The molecule has 0 bridgehead atoms. The van der Waals surface area contributed by atoms with Crippen LogP contribution in [0.2, 0.25) is 0 Å². The fourth-order valence-electron chi connectivity index (χ4n) is 3.63. The Balaban J connectivity index is 1.39. The molecule has 1 aliphatic carbocycles. The normalized spacial score (nSPS) is 35.0. The van der Waals surface area contributed by atoms with E-state index in [1.807, 2.05) is 0 Å². The summed E-state index contributed by atoms with van der Waals surface area (Å²) in [5.74, 6) is 2.04.